The van der Waals surface area contributed by atoms with Crippen molar-refractivity contribution in [2.24, 2.45) is 5.73 Å². The number of hydrogen-bond acceptors (Lipinski definition) is 3. The Bertz CT molecular complexity index is 300. The van der Waals surface area contributed by atoms with Crippen molar-refractivity contribution in [1.82, 2.24) is 9.55 Å². The van der Waals surface area contributed by atoms with Gasteiger partial charge in [-0.25, -0.2) is 4.98 Å². The van der Waals surface area contributed by atoms with Crippen LogP contribution in [0, 0.1) is 18.3 Å². The van der Waals surface area contributed by atoms with Crippen molar-refractivity contribution in [3.05, 3.63) is 17.7 Å². The lowest BCUT2D eigenvalue weighted by molar-refractivity contribution is 0.660. The van der Waals surface area contributed by atoms with Crippen molar-refractivity contribution >= 4 is 17.0 Å². The molecule has 0 unspecified atom stereocenters. The monoisotopic (exact) mass is 244 g/mol. The van der Waals surface area contributed by atoms with Gasteiger partial charge >= 0.3 is 0 Å². The third-order valence-electron chi connectivity index (χ3n) is 1.75. The molecular weight excluding hydrogens is 232 g/mol. The van der Waals surface area contributed by atoms with Gasteiger partial charge in [-0.1, -0.05) is 0 Å². The first kappa shape index (κ1) is 12.1. The zero-order valence-corrected chi connectivity index (χ0v) is 9.24. The fourth-order valence-corrected chi connectivity index (χ4v) is 1.17. The van der Waals surface area contributed by atoms with Gasteiger partial charge in [0.15, 0.2) is 0 Å². The maximum Gasteiger partial charge on any atom is 0.105 e. The topological polar surface area (TPSA) is 67.6 Å². The zero-order valence-electron chi connectivity index (χ0n) is 7.53. The van der Waals surface area contributed by atoms with Crippen molar-refractivity contribution in [1.29, 1.82) is 5.26 Å². The van der Waals surface area contributed by atoms with Crippen LogP contribution in [0.2, 0.25) is 0 Å². The number of nitrogens with zero attached hydrogens (tertiary/aromatic N) is 3. The third-order valence-corrected chi connectivity index (χ3v) is 1.75. The molecule has 0 saturated carbocycles. The molecule has 1 aromatic heterocycles. The van der Waals surface area contributed by atoms with Crippen LogP contribution in [-0.4, -0.2) is 16.1 Å². The number of rotatable bonds is 3. The summed E-state index contributed by atoms with van der Waals surface area (Å²) in [5.74, 6) is 0.922. The van der Waals surface area contributed by atoms with Gasteiger partial charge in [-0.3, -0.25) is 0 Å². The minimum atomic E-state index is 0. The molecule has 1 rings (SSSR count). The number of nitrogens with two attached hydrogens (primary N) is 1. The van der Waals surface area contributed by atoms with Gasteiger partial charge in [0.05, 0.1) is 18.2 Å². The van der Waals surface area contributed by atoms with Gasteiger partial charge in [-0.15, -0.1) is 17.0 Å². The predicted molar refractivity (Wildman–Crippen MR) is 55.7 cm³/mol. The van der Waals surface area contributed by atoms with E-state index >= 15 is 0 Å². The SMILES string of the molecule is Br.Cc1ncc(CC#N)n1CCN. The molecule has 0 atom stereocenters. The summed E-state index contributed by atoms with van der Waals surface area (Å²) in [7, 11) is 0. The van der Waals surface area contributed by atoms with Gasteiger partial charge < -0.3 is 10.3 Å². The van der Waals surface area contributed by atoms with Crippen molar-refractivity contribution in [2.75, 3.05) is 6.54 Å². The molecule has 2 N–H and O–H groups in total. The van der Waals surface area contributed by atoms with Crippen LogP contribution >= 0.6 is 17.0 Å². The highest BCUT2D eigenvalue weighted by molar-refractivity contribution is 8.93. The van der Waals surface area contributed by atoms with Crippen molar-refractivity contribution < 1.29 is 0 Å². The normalized spacial score (nSPS) is 9.00. The van der Waals surface area contributed by atoms with E-state index in [4.69, 9.17) is 11.0 Å². The number of nitriles is 1. The summed E-state index contributed by atoms with van der Waals surface area (Å²) < 4.78 is 1.98. The molecule has 1 aromatic rings. The number of imidazole rings is 1. The molecular formula is C8H13BrN4. The maximum absolute atomic E-state index is 8.50. The second kappa shape index (κ2) is 5.73. The average molecular weight is 245 g/mol. The van der Waals surface area contributed by atoms with Crippen LogP contribution in [0.4, 0.5) is 0 Å². The molecule has 72 valence electrons. The van der Waals surface area contributed by atoms with Crippen LogP contribution in [0.1, 0.15) is 11.5 Å². The Morgan fingerprint density at radius 1 is 1.69 bits per heavy atom. The van der Waals surface area contributed by atoms with E-state index in [1.807, 2.05) is 11.5 Å². The summed E-state index contributed by atoms with van der Waals surface area (Å²) in [4.78, 5) is 4.11. The molecule has 0 fully saturated rings. The van der Waals surface area contributed by atoms with E-state index in [0.29, 0.717) is 13.0 Å². The Hall–Kier alpha value is -0.860. The zero-order chi connectivity index (χ0) is 8.97. The Balaban J connectivity index is 0.00000144. The second-order valence-corrected chi connectivity index (χ2v) is 2.57. The largest absolute Gasteiger partial charge is 0.330 e. The number of hydrogen-bond donors (Lipinski definition) is 1. The molecule has 0 aliphatic heterocycles. The van der Waals surface area contributed by atoms with Crippen LogP contribution in [0.25, 0.3) is 0 Å². The smallest absolute Gasteiger partial charge is 0.105 e. The van der Waals surface area contributed by atoms with Gasteiger partial charge in [-0.2, -0.15) is 5.26 Å². The standard InChI is InChI=1S/C8H12N4.BrH/c1-7-11-6-8(2-3-9)12(7)5-4-10;/h6H,2,4-5,10H2,1H3;1H. The first-order chi connectivity index (χ1) is 5.79. The van der Waals surface area contributed by atoms with E-state index in [0.717, 1.165) is 18.1 Å². The molecule has 0 saturated heterocycles. The number of halogens is 1. The summed E-state index contributed by atoms with van der Waals surface area (Å²) in [5.41, 5.74) is 6.37. The van der Waals surface area contributed by atoms with Gasteiger partial charge in [0.25, 0.3) is 0 Å². The van der Waals surface area contributed by atoms with Gasteiger partial charge in [-0.05, 0) is 6.92 Å². The lowest BCUT2D eigenvalue weighted by Crippen LogP contribution is -2.13. The summed E-state index contributed by atoms with van der Waals surface area (Å²) >= 11 is 0. The van der Waals surface area contributed by atoms with Crippen LogP contribution in [0.3, 0.4) is 0 Å². The first-order valence-electron chi connectivity index (χ1n) is 3.87. The molecule has 1 heterocycles. The molecule has 0 amide bonds. The Kier molecular flexibility index (Phi) is 5.35. The molecule has 0 aromatic carbocycles. The van der Waals surface area contributed by atoms with Gasteiger partial charge in [0.2, 0.25) is 0 Å². The van der Waals surface area contributed by atoms with Crippen LogP contribution < -0.4 is 5.73 Å². The molecule has 0 spiro atoms. The molecule has 0 bridgehead atoms. The van der Waals surface area contributed by atoms with Gasteiger partial charge in [0.1, 0.15) is 5.82 Å². The number of aryl methyl sites for hydroxylation is 1. The Morgan fingerprint density at radius 2 is 2.38 bits per heavy atom. The van der Waals surface area contributed by atoms with Crippen molar-refractivity contribution in [2.45, 2.75) is 19.9 Å². The Morgan fingerprint density at radius 3 is 2.92 bits per heavy atom. The van der Waals surface area contributed by atoms with Crippen molar-refractivity contribution in [3.63, 3.8) is 0 Å². The van der Waals surface area contributed by atoms with E-state index in [1.54, 1.807) is 6.20 Å². The highest BCUT2D eigenvalue weighted by atomic mass is 79.9. The summed E-state index contributed by atoms with van der Waals surface area (Å²) in [6, 6.07) is 2.09. The van der Waals surface area contributed by atoms with E-state index in [-0.39, 0.29) is 17.0 Å². The molecule has 13 heavy (non-hydrogen) atoms. The average Bonchev–Trinajstić information content (AvgIpc) is 2.37. The Labute approximate surface area is 88.1 Å². The molecule has 0 aliphatic carbocycles. The summed E-state index contributed by atoms with van der Waals surface area (Å²) in [5, 5.41) is 8.50. The summed E-state index contributed by atoms with van der Waals surface area (Å²) in [6.45, 7) is 3.23. The minimum Gasteiger partial charge on any atom is -0.330 e. The van der Waals surface area contributed by atoms with E-state index in [9.17, 15) is 0 Å². The fraction of sp³-hybridized carbons (Fsp3) is 0.500. The quantitative estimate of drug-likeness (QED) is 0.856. The first-order valence-corrected chi connectivity index (χ1v) is 3.87. The lowest BCUT2D eigenvalue weighted by atomic mass is 10.3. The van der Waals surface area contributed by atoms with Crippen LogP contribution in [0.15, 0.2) is 6.20 Å². The molecule has 4 nitrogen and oxygen atoms in total. The number of aromatic nitrogens is 2. The molecule has 0 aliphatic rings. The van der Waals surface area contributed by atoms with E-state index in [1.165, 1.54) is 0 Å². The summed E-state index contributed by atoms with van der Waals surface area (Å²) in [6.07, 6.45) is 2.13. The highest BCUT2D eigenvalue weighted by Crippen LogP contribution is 2.04. The van der Waals surface area contributed by atoms with Gasteiger partial charge in [0, 0.05) is 19.3 Å². The van der Waals surface area contributed by atoms with E-state index < -0.39 is 0 Å². The lowest BCUT2D eigenvalue weighted by Gasteiger charge is -2.05. The van der Waals surface area contributed by atoms with Crippen LogP contribution in [-0.2, 0) is 13.0 Å². The fourth-order valence-electron chi connectivity index (χ4n) is 1.17. The minimum absolute atomic E-state index is 0. The second-order valence-electron chi connectivity index (χ2n) is 2.57. The third kappa shape index (κ3) is 2.83. The maximum atomic E-state index is 8.50. The molecule has 0 radical (unpaired) electrons. The van der Waals surface area contributed by atoms with Crippen LogP contribution in [0.5, 0.6) is 0 Å². The van der Waals surface area contributed by atoms with Crippen molar-refractivity contribution in [3.8, 4) is 6.07 Å². The van der Waals surface area contributed by atoms with E-state index in [2.05, 4.69) is 11.1 Å². The highest BCUT2D eigenvalue weighted by Gasteiger charge is 2.03. The predicted octanol–water partition coefficient (Wildman–Crippen LogP) is 0.794. The molecule has 5 heteroatoms.